The molecule has 0 radical (unpaired) electrons. The molecule has 0 bridgehead atoms. The van der Waals surface area contributed by atoms with Gasteiger partial charge in [0, 0.05) is 43.2 Å². The van der Waals surface area contributed by atoms with E-state index in [9.17, 15) is 27.6 Å². The lowest BCUT2D eigenvalue weighted by Crippen LogP contribution is -2.43. The molecule has 2 amide bonds. The number of esters is 1. The van der Waals surface area contributed by atoms with Crippen LogP contribution in [0.4, 0.5) is 13.2 Å². The largest absolute Gasteiger partial charge is 0.466 e. The van der Waals surface area contributed by atoms with E-state index in [1.54, 1.807) is 30.0 Å². The van der Waals surface area contributed by atoms with Crippen LogP contribution in [0, 0.1) is 11.3 Å². The third-order valence-corrected chi connectivity index (χ3v) is 8.32. The Morgan fingerprint density at radius 1 is 1.00 bits per heavy atom. The van der Waals surface area contributed by atoms with Gasteiger partial charge < -0.3 is 14.5 Å². The Hall–Kier alpha value is -4.75. The fourth-order valence-electron chi connectivity index (χ4n) is 6.23. The first-order valence-corrected chi connectivity index (χ1v) is 13.9. The van der Waals surface area contributed by atoms with E-state index in [-0.39, 0.29) is 49.1 Å². The summed E-state index contributed by atoms with van der Waals surface area (Å²) in [5.74, 6) is -1.59. The topological polar surface area (TPSA) is 137 Å². The summed E-state index contributed by atoms with van der Waals surface area (Å²) in [5.41, 5.74) is -0.473. The molecule has 2 aromatic carbocycles. The van der Waals surface area contributed by atoms with Crippen molar-refractivity contribution in [1.29, 1.82) is 0 Å². The lowest BCUT2D eigenvalue weighted by molar-refractivity contribution is -0.157. The van der Waals surface area contributed by atoms with E-state index in [0.717, 1.165) is 6.07 Å². The maximum atomic E-state index is 13.6. The molecule has 43 heavy (non-hydrogen) atoms. The Balaban J connectivity index is 1.26. The van der Waals surface area contributed by atoms with Crippen LogP contribution in [0.1, 0.15) is 46.2 Å². The lowest BCUT2D eigenvalue weighted by Gasteiger charge is -2.31. The molecule has 2 aliphatic rings. The second-order valence-electron chi connectivity index (χ2n) is 10.9. The van der Waals surface area contributed by atoms with Crippen molar-refractivity contribution in [2.24, 2.45) is 11.3 Å². The number of benzene rings is 2. The van der Waals surface area contributed by atoms with E-state index in [1.807, 2.05) is 0 Å². The van der Waals surface area contributed by atoms with Crippen molar-refractivity contribution in [2.45, 2.75) is 25.9 Å². The van der Waals surface area contributed by atoms with Crippen LogP contribution in [0.5, 0.6) is 0 Å². The van der Waals surface area contributed by atoms with E-state index in [1.165, 1.54) is 29.2 Å². The number of fused-ring (bicyclic) bond motifs is 2. The number of aromatic nitrogens is 5. The molecule has 4 heterocycles. The highest BCUT2D eigenvalue weighted by molar-refractivity contribution is 5.97. The van der Waals surface area contributed by atoms with Gasteiger partial charge in [0.1, 0.15) is 16.7 Å². The molecular formula is C29H28F3N7O4. The molecular weight excluding hydrogens is 567 g/mol. The summed E-state index contributed by atoms with van der Waals surface area (Å²) in [6, 6.07) is 11.3. The minimum atomic E-state index is -4.60. The monoisotopic (exact) mass is 595 g/mol. The van der Waals surface area contributed by atoms with Crippen molar-refractivity contribution in [3.63, 3.8) is 0 Å². The third-order valence-electron chi connectivity index (χ3n) is 8.32. The Morgan fingerprint density at radius 2 is 1.77 bits per heavy atom. The van der Waals surface area contributed by atoms with Crippen LogP contribution in [0.25, 0.3) is 22.3 Å². The Labute approximate surface area is 243 Å². The van der Waals surface area contributed by atoms with Crippen molar-refractivity contribution in [3.8, 4) is 11.3 Å². The average Bonchev–Trinajstić information content (AvgIpc) is 3.73. The van der Waals surface area contributed by atoms with Gasteiger partial charge in [0.2, 0.25) is 0 Å². The summed E-state index contributed by atoms with van der Waals surface area (Å²) in [4.78, 5) is 43.8. The second kappa shape index (κ2) is 10.8. The standard InChI is InChI=1S/C29H28F3N7O4/c1-2-43-27(42)28-10-5-11-38(25(40)17-8-9-21-23(12-17)36-37-35-21)14-18(28)15-39(16-28)26(41)24-13-22(33-34-24)19-6-3-4-7-20(19)29(30,31)32/h3-4,6-9,12-13,18H,2,5,10-11,14-16H2,1H3,(H,33,34)(H,35,36,37)/t18-,28+/m0/s1. The van der Waals surface area contributed by atoms with E-state index in [4.69, 9.17) is 4.74 Å². The summed E-state index contributed by atoms with van der Waals surface area (Å²) in [5, 5.41) is 17.2. The molecule has 11 nitrogen and oxygen atoms in total. The number of hydrogen-bond acceptors (Lipinski definition) is 7. The van der Waals surface area contributed by atoms with Gasteiger partial charge in [-0.15, -0.1) is 0 Å². The summed E-state index contributed by atoms with van der Waals surface area (Å²) in [6.07, 6.45) is -3.68. The van der Waals surface area contributed by atoms with E-state index in [0.29, 0.717) is 36.0 Å². The van der Waals surface area contributed by atoms with Gasteiger partial charge in [-0.25, -0.2) is 0 Å². The molecule has 2 saturated heterocycles. The number of alkyl halides is 3. The fourth-order valence-corrected chi connectivity index (χ4v) is 6.23. The lowest BCUT2D eigenvalue weighted by atomic mass is 9.75. The predicted octanol–water partition coefficient (Wildman–Crippen LogP) is 3.92. The number of halogens is 3. The molecule has 224 valence electrons. The van der Waals surface area contributed by atoms with Crippen LogP contribution >= 0.6 is 0 Å². The number of hydrogen-bond donors (Lipinski definition) is 2. The molecule has 2 fully saturated rings. The first-order valence-electron chi connectivity index (χ1n) is 13.9. The molecule has 2 N–H and O–H groups in total. The van der Waals surface area contributed by atoms with Gasteiger partial charge in [0.25, 0.3) is 11.8 Å². The maximum Gasteiger partial charge on any atom is 0.417 e. The normalized spacial score (nSPS) is 20.6. The number of carbonyl (C=O) groups is 3. The minimum absolute atomic E-state index is 0.00343. The number of H-pyrrole nitrogens is 2. The summed E-state index contributed by atoms with van der Waals surface area (Å²) in [6.45, 7) is 2.70. The molecule has 0 unspecified atom stereocenters. The predicted molar refractivity (Wildman–Crippen MR) is 147 cm³/mol. The molecule has 2 aliphatic heterocycles. The Morgan fingerprint density at radius 3 is 2.56 bits per heavy atom. The van der Waals surface area contributed by atoms with Crippen LogP contribution in [0.2, 0.25) is 0 Å². The molecule has 2 aromatic heterocycles. The molecule has 4 aromatic rings. The quantitative estimate of drug-likeness (QED) is 0.334. The third kappa shape index (κ3) is 5.10. The zero-order chi connectivity index (χ0) is 30.4. The average molecular weight is 596 g/mol. The molecule has 0 spiro atoms. The molecule has 0 saturated carbocycles. The molecule has 14 heteroatoms. The first kappa shape index (κ1) is 28.4. The molecule has 0 aliphatic carbocycles. The maximum absolute atomic E-state index is 13.6. The fraction of sp³-hybridized carbons (Fsp3) is 0.379. The first-order chi connectivity index (χ1) is 20.6. The van der Waals surface area contributed by atoms with Crippen molar-refractivity contribution in [1.82, 2.24) is 35.4 Å². The number of rotatable bonds is 5. The van der Waals surface area contributed by atoms with E-state index in [2.05, 4.69) is 25.6 Å². The summed E-state index contributed by atoms with van der Waals surface area (Å²) >= 11 is 0. The van der Waals surface area contributed by atoms with Gasteiger partial charge in [-0.1, -0.05) is 18.2 Å². The Kier molecular flexibility index (Phi) is 7.14. The van der Waals surface area contributed by atoms with Crippen LogP contribution in [-0.2, 0) is 15.7 Å². The number of amides is 2. The number of nitrogens with one attached hydrogen (secondary N) is 2. The number of ether oxygens (including phenoxy) is 1. The number of likely N-dealkylation sites (tertiary alicyclic amines) is 2. The van der Waals surface area contributed by atoms with Crippen molar-refractivity contribution >= 4 is 28.8 Å². The van der Waals surface area contributed by atoms with E-state index < -0.39 is 34.9 Å². The van der Waals surface area contributed by atoms with Crippen LogP contribution in [-0.4, -0.2) is 86.0 Å². The number of carbonyl (C=O) groups excluding carboxylic acids is 3. The van der Waals surface area contributed by atoms with Gasteiger partial charge in [0.05, 0.1) is 23.3 Å². The second-order valence-corrected chi connectivity index (χ2v) is 10.9. The highest BCUT2D eigenvalue weighted by atomic mass is 19.4. The van der Waals surface area contributed by atoms with Crippen molar-refractivity contribution in [2.75, 3.05) is 32.8 Å². The van der Waals surface area contributed by atoms with Crippen LogP contribution in [0.15, 0.2) is 48.5 Å². The van der Waals surface area contributed by atoms with Gasteiger partial charge in [-0.05, 0) is 50.1 Å². The summed E-state index contributed by atoms with van der Waals surface area (Å²) in [7, 11) is 0. The minimum Gasteiger partial charge on any atom is -0.466 e. The van der Waals surface area contributed by atoms with Crippen molar-refractivity contribution in [3.05, 3.63) is 65.4 Å². The highest BCUT2D eigenvalue weighted by Gasteiger charge is 2.55. The van der Waals surface area contributed by atoms with Gasteiger partial charge >= 0.3 is 12.1 Å². The zero-order valence-electron chi connectivity index (χ0n) is 23.1. The zero-order valence-corrected chi connectivity index (χ0v) is 23.1. The highest BCUT2D eigenvalue weighted by Crippen LogP contribution is 2.44. The van der Waals surface area contributed by atoms with Gasteiger partial charge in [0.15, 0.2) is 0 Å². The van der Waals surface area contributed by atoms with E-state index >= 15 is 0 Å². The summed E-state index contributed by atoms with van der Waals surface area (Å²) < 4.78 is 46.2. The van der Waals surface area contributed by atoms with Gasteiger partial charge in [-0.3, -0.25) is 19.5 Å². The number of aromatic amines is 2. The van der Waals surface area contributed by atoms with Gasteiger partial charge in [-0.2, -0.15) is 33.7 Å². The number of nitrogens with zero attached hydrogens (tertiary/aromatic N) is 5. The SMILES string of the molecule is CCOC(=O)[C@@]12CCCN(C(=O)c3ccc4n[nH]nc4c3)C[C@H]1CN(C(=O)c1cc(-c3ccccc3C(F)(F)F)n[nH]1)C2. The molecule has 6 rings (SSSR count). The van der Waals surface area contributed by atoms with Crippen LogP contribution in [0.3, 0.4) is 0 Å². The van der Waals surface area contributed by atoms with Crippen molar-refractivity contribution < 1.29 is 32.3 Å². The molecule has 2 atom stereocenters. The smallest absolute Gasteiger partial charge is 0.417 e. The van der Waals surface area contributed by atoms with Crippen LogP contribution < -0.4 is 0 Å². The Bertz CT molecular complexity index is 1700.